The van der Waals surface area contributed by atoms with Crippen LogP contribution in [0.5, 0.6) is 0 Å². The van der Waals surface area contributed by atoms with Crippen LogP contribution in [-0.4, -0.2) is 29.0 Å². The van der Waals surface area contributed by atoms with Crippen molar-refractivity contribution in [1.29, 1.82) is 0 Å². The van der Waals surface area contributed by atoms with Crippen LogP contribution in [0, 0.1) is 11.8 Å². The summed E-state index contributed by atoms with van der Waals surface area (Å²) >= 11 is 0. The summed E-state index contributed by atoms with van der Waals surface area (Å²) in [5, 5.41) is 0. The minimum atomic E-state index is -0.821. The van der Waals surface area contributed by atoms with E-state index in [1.165, 1.54) is 0 Å². The van der Waals surface area contributed by atoms with Crippen molar-refractivity contribution >= 4 is 11.9 Å². The molecule has 0 aliphatic carbocycles. The summed E-state index contributed by atoms with van der Waals surface area (Å²) in [7, 11) is 0. The first kappa shape index (κ1) is 22.5. The van der Waals surface area contributed by atoms with E-state index in [0.29, 0.717) is 13.0 Å². The predicted molar refractivity (Wildman–Crippen MR) is 122 cm³/mol. The Morgan fingerprint density at radius 2 is 1.72 bits per heavy atom. The van der Waals surface area contributed by atoms with Crippen LogP contribution in [0.3, 0.4) is 0 Å². The third-order valence-corrected chi connectivity index (χ3v) is 6.54. The zero-order chi connectivity index (χ0) is 22.9. The number of piperidine rings is 1. The molecule has 2 aromatic rings. The van der Waals surface area contributed by atoms with Crippen LogP contribution in [0.1, 0.15) is 64.1 Å². The molecule has 0 spiro atoms. The molecule has 5 nitrogen and oxygen atoms in total. The minimum absolute atomic E-state index is 0.0317. The van der Waals surface area contributed by atoms with Crippen LogP contribution in [0.4, 0.5) is 0 Å². The highest BCUT2D eigenvalue weighted by Gasteiger charge is 2.60. The zero-order valence-electron chi connectivity index (χ0n) is 19.4. The SMILES string of the molecule is CC[C@@H]1C[C@@H](CC(=O)OC(C)(C)C)C(=O)N2[C@H](c3ccccc3)CO[C@@]12c1ccccc1. The van der Waals surface area contributed by atoms with Gasteiger partial charge in [0.05, 0.1) is 19.1 Å². The van der Waals surface area contributed by atoms with Gasteiger partial charge < -0.3 is 14.4 Å². The summed E-state index contributed by atoms with van der Waals surface area (Å²) in [6, 6.07) is 19.9. The lowest BCUT2D eigenvalue weighted by atomic mass is 9.74. The maximum absolute atomic E-state index is 14.0. The fourth-order valence-corrected chi connectivity index (χ4v) is 5.27. The number of ether oxygens (including phenoxy) is 2. The van der Waals surface area contributed by atoms with E-state index in [1.807, 2.05) is 86.3 Å². The lowest BCUT2D eigenvalue weighted by Gasteiger charge is -2.50. The molecule has 0 saturated carbocycles. The number of carbonyl (C=O) groups excluding carboxylic acids is 2. The normalized spacial score (nSPS) is 27.8. The van der Waals surface area contributed by atoms with Gasteiger partial charge in [-0.15, -0.1) is 0 Å². The highest BCUT2D eigenvalue weighted by Crippen LogP contribution is 2.54. The van der Waals surface area contributed by atoms with Gasteiger partial charge in [-0.1, -0.05) is 67.6 Å². The Bertz CT molecular complexity index is 953. The van der Waals surface area contributed by atoms with E-state index in [0.717, 1.165) is 17.5 Å². The Morgan fingerprint density at radius 1 is 1.09 bits per heavy atom. The summed E-state index contributed by atoms with van der Waals surface area (Å²) in [5.41, 5.74) is 0.648. The van der Waals surface area contributed by atoms with Gasteiger partial charge in [0, 0.05) is 17.4 Å². The first-order chi connectivity index (χ1) is 15.3. The topological polar surface area (TPSA) is 55.8 Å². The van der Waals surface area contributed by atoms with Crippen LogP contribution >= 0.6 is 0 Å². The van der Waals surface area contributed by atoms with Crippen molar-refractivity contribution in [2.24, 2.45) is 11.8 Å². The Morgan fingerprint density at radius 3 is 2.31 bits per heavy atom. The van der Waals surface area contributed by atoms with Gasteiger partial charge in [-0.05, 0) is 39.2 Å². The third kappa shape index (κ3) is 4.06. The van der Waals surface area contributed by atoms with E-state index in [-0.39, 0.29) is 30.3 Å². The van der Waals surface area contributed by atoms with E-state index < -0.39 is 17.2 Å². The maximum Gasteiger partial charge on any atom is 0.307 e. The van der Waals surface area contributed by atoms with Crippen molar-refractivity contribution in [3.8, 4) is 0 Å². The minimum Gasteiger partial charge on any atom is -0.460 e. The number of carbonyl (C=O) groups is 2. The number of fused-ring (bicyclic) bond motifs is 1. The van der Waals surface area contributed by atoms with E-state index in [2.05, 4.69) is 6.92 Å². The van der Waals surface area contributed by atoms with Crippen LogP contribution in [0.15, 0.2) is 60.7 Å². The molecule has 0 aromatic heterocycles. The van der Waals surface area contributed by atoms with Gasteiger partial charge in [-0.3, -0.25) is 9.59 Å². The smallest absolute Gasteiger partial charge is 0.307 e. The van der Waals surface area contributed by atoms with Gasteiger partial charge in [0.1, 0.15) is 5.60 Å². The number of benzene rings is 2. The van der Waals surface area contributed by atoms with Crippen molar-refractivity contribution in [3.63, 3.8) is 0 Å². The van der Waals surface area contributed by atoms with E-state index >= 15 is 0 Å². The molecule has 5 heteroatoms. The van der Waals surface area contributed by atoms with Crippen LogP contribution in [0.2, 0.25) is 0 Å². The number of hydrogen-bond donors (Lipinski definition) is 0. The molecule has 4 atom stereocenters. The number of rotatable bonds is 5. The van der Waals surface area contributed by atoms with Crippen molar-refractivity contribution in [3.05, 3.63) is 71.8 Å². The summed E-state index contributed by atoms with van der Waals surface area (Å²) < 4.78 is 12.1. The Kier molecular flexibility index (Phi) is 6.13. The highest BCUT2D eigenvalue weighted by molar-refractivity contribution is 5.86. The van der Waals surface area contributed by atoms with Gasteiger partial charge >= 0.3 is 5.97 Å². The monoisotopic (exact) mass is 435 g/mol. The predicted octanol–water partition coefficient (Wildman–Crippen LogP) is 5.22. The largest absolute Gasteiger partial charge is 0.460 e. The second-order valence-electron chi connectivity index (χ2n) is 9.84. The molecule has 2 heterocycles. The number of nitrogens with zero attached hydrogens (tertiary/aromatic N) is 1. The zero-order valence-corrected chi connectivity index (χ0v) is 19.4. The molecular weight excluding hydrogens is 402 g/mol. The Balaban J connectivity index is 1.75. The molecule has 0 N–H and O–H groups in total. The van der Waals surface area contributed by atoms with Crippen LogP contribution in [-0.2, 0) is 24.8 Å². The second kappa shape index (κ2) is 8.70. The van der Waals surface area contributed by atoms with E-state index in [4.69, 9.17) is 9.47 Å². The number of esters is 1. The van der Waals surface area contributed by atoms with E-state index in [9.17, 15) is 9.59 Å². The number of amides is 1. The van der Waals surface area contributed by atoms with Crippen molar-refractivity contribution in [2.45, 2.75) is 64.3 Å². The average Bonchev–Trinajstić information content (AvgIpc) is 3.18. The van der Waals surface area contributed by atoms with Crippen molar-refractivity contribution < 1.29 is 19.1 Å². The molecular formula is C27H33NO4. The average molecular weight is 436 g/mol. The molecule has 2 aliphatic heterocycles. The van der Waals surface area contributed by atoms with Crippen molar-refractivity contribution in [2.75, 3.05) is 6.61 Å². The molecule has 0 radical (unpaired) electrons. The summed E-state index contributed by atoms with van der Waals surface area (Å²) in [6.45, 7) is 8.11. The molecule has 0 unspecified atom stereocenters. The fourth-order valence-electron chi connectivity index (χ4n) is 5.27. The third-order valence-electron chi connectivity index (χ3n) is 6.54. The molecule has 2 fully saturated rings. The van der Waals surface area contributed by atoms with Crippen LogP contribution in [0.25, 0.3) is 0 Å². The molecule has 170 valence electrons. The molecule has 2 saturated heterocycles. The molecule has 1 amide bonds. The standard InChI is InChI=1S/C27H33NO4/c1-5-21-16-20(17-24(29)32-26(2,3)4)25(30)28-23(19-12-8-6-9-13-19)18-31-27(21,28)22-14-10-7-11-15-22/h6-15,20-21,23H,5,16-18H2,1-4H3/t20-,21+,23-,27+/m0/s1. The second-order valence-corrected chi connectivity index (χ2v) is 9.84. The lowest BCUT2D eigenvalue weighted by molar-refractivity contribution is -0.192. The van der Waals surface area contributed by atoms with E-state index in [1.54, 1.807) is 0 Å². The Labute approximate surface area is 190 Å². The molecule has 4 rings (SSSR count). The molecule has 32 heavy (non-hydrogen) atoms. The summed E-state index contributed by atoms with van der Waals surface area (Å²) in [4.78, 5) is 28.5. The first-order valence-electron chi connectivity index (χ1n) is 11.6. The first-order valence-corrected chi connectivity index (χ1v) is 11.6. The molecule has 2 aromatic carbocycles. The van der Waals surface area contributed by atoms with Crippen molar-refractivity contribution in [1.82, 2.24) is 4.90 Å². The van der Waals surface area contributed by atoms with Gasteiger partial charge in [-0.25, -0.2) is 0 Å². The Hall–Kier alpha value is -2.66. The van der Waals surface area contributed by atoms with Gasteiger partial charge in [0.15, 0.2) is 5.72 Å². The summed E-state index contributed by atoms with van der Waals surface area (Å²) in [6.07, 6.45) is 1.53. The van der Waals surface area contributed by atoms with Gasteiger partial charge in [0.25, 0.3) is 0 Å². The lowest BCUT2D eigenvalue weighted by Crippen LogP contribution is -2.58. The summed E-state index contributed by atoms with van der Waals surface area (Å²) in [5.74, 6) is -0.701. The van der Waals surface area contributed by atoms with Gasteiger partial charge in [0.2, 0.25) is 5.91 Å². The van der Waals surface area contributed by atoms with Crippen LogP contribution < -0.4 is 0 Å². The fraction of sp³-hybridized carbons (Fsp3) is 0.481. The molecule has 0 bridgehead atoms. The highest BCUT2D eigenvalue weighted by atomic mass is 16.6. The van der Waals surface area contributed by atoms with Gasteiger partial charge in [-0.2, -0.15) is 0 Å². The molecule has 2 aliphatic rings. The quantitative estimate of drug-likeness (QED) is 0.605. The number of hydrogen-bond acceptors (Lipinski definition) is 4. The maximum atomic E-state index is 14.0.